The zero-order valence-electron chi connectivity index (χ0n) is 10.0. The van der Waals surface area contributed by atoms with Gasteiger partial charge in [0.2, 0.25) is 5.89 Å². The first-order valence-corrected chi connectivity index (χ1v) is 6.46. The number of anilines is 1. The van der Waals surface area contributed by atoms with Crippen LogP contribution in [0, 0.1) is 0 Å². The van der Waals surface area contributed by atoms with Gasteiger partial charge < -0.3 is 8.83 Å². The van der Waals surface area contributed by atoms with Gasteiger partial charge in [-0.1, -0.05) is 23.3 Å². The number of nitrogens with zero attached hydrogens (tertiary/aromatic N) is 2. The summed E-state index contributed by atoms with van der Waals surface area (Å²) in [4.78, 5) is 11.9. The van der Waals surface area contributed by atoms with Gasteiger partial charge in [0.15, 0.2) is 4.67 Å². The molecule has 0 radical (unpaired) electrons. The fraction of sp³-hybridized carbons (Fsp3) is 0. The SMILES string of the molecule is O=C(Nc1nnc(-c2ccccc2)o1)c1ccoc1Br. The first kappa shape index (κ1) is 12.6. The fourth-order valence-electron chi connectivity index (χ4n) is 1.59. The van der Waals surface area contributed by atoms with E-state index in [1.54, 1.807) is 0 Å². The molecule has 6 nitrogen and oxygen atoms in total. The molecule has 2 heterocycles. The topological polar surface area (TPSA) is 81.2 Å². The molecule has 3 aromatic rings. The van der Waals surface area contributed by atoms with Crippen LogP contribution in [0.2, 0.25) is 0 Å². The number of benzene rings is 1. The molecule has 3 rings (SSSR count). The van der Waals surface area contributed by atoms with Gasteiger partial charge in [-0.3, -0.25) is 10.1 Å². The van der Waals surface area contributed by atoms with Gasteiger partial charge in [-0.15, -0.1) is 5.10 Å². The van der Waals surface area contributed by atoms with Gasteiger partial charge in [-0.05, 0) is 34.1 Å². The lowest BCUT2D eigenvalue weighted by Gasteiger charge is -1.97. The molecular weight excluding hydrogens is 326 g/mol. The maximum Gasteiger partial charge on any atom is 0.322 e. The minimum Gasteiger partial charge on any atom is -0.457 e. The summed E-state index contributed by atoms with van der Waals surface area (Å²) < 4.78 is 10.7. The van der Waals surface area contributed by atoms with E-state index in [0.29, 0.717) is 16.1 Å². The Bertz CT molecular complexity index is 736. The van der Waals surface area contributed by atoms with E-state index in [9.17, 15) is 4.79 Å². The summed E-state index contributed by atoms with van der Waals surface area (Å²) in [6.07, 6.45) is 1.40. The van der Waals surface area contributed by atoms with Gasteiger partial charge in [0.25, 0.3) is 5.91 Å². The number of carbonyl (C=O) groups excluding carboxylic acids is 1. The molecule has 0 spiro atoms. The Morgan fingerprint density at radius 3 is 2.65 bits per heavy atom. The quantitative estimate of drug-likeness (QED) is 0.794. The van der Waals surface area contributed by atoms with Crippen LogP contribution in [0.3, 0.4) is 0 Å². The third kappa shape index (κ3) is 2.48. The van der Waals surface area contributed by atoms with E-state index in [2.05, 4.69) is 31.4 Å². The summed E-state index contributed by atoms with van der Waals surface area (Å²) in [6, 6.07) is 10.9. The monoisotopic (exact) mass is 333 g/mol. The number of aromatic nitrogens is 2. The van der Waals surface area contributed by atoms with Gasteiger partial charge in [0, 0.05) is 5.56 Å². The molecule has 100 valence electrons. The number of furan rings is 1. The number of carbonyl (C=O) groups is 1. The molecule has 20 heavy (non-hydrogen) atoms. The molecule has 0 saturated carbocycles. The van der Waals surface area contributed by atoms with Crippen LogP contribution in [0.5, 0.6) is 0 Å². The van der Waals surface area contributed by atoms with Crippen molar-refractivity contribution in [2.45, 2.75) is 0 Å². The van der Waals surface area contributed by atoms with Gasteiger partial charge in [0.1, 0.15) is 0 Å². The van der Waals surface area contributed by atoms with Crippen molar-refractivity contribution in [1.82, 2.24) is 10.2 Å². The van der Waals surface area contributed by atoms with Crippen LogP contribution in [0.1, 0.15) is 10.4 Å². The number of hydrogen-bond acceptors (Lipinski definition) is 5. The van der Waals surface area contributed by atoms with E-state index >= 15 is 0 Å². The molecule has 1 aromatic carbocycles. The van der Waals surface area contributed by atoms with Crippen LogP contribution in [0.4, 0.5) is 6.01 Å². The number of nitrogens with one attached hydrogen (secondary N) is 1. The van der Waals surface area contributed by atoms with E-state index in [1.807, 2.05) is 30.3 Å². The molecule has 7 heteroatoms. The van der Waals surface area contributed by atoms with Crippen molar-refractivity contribution in [2.75, 3.05) is 5.32 Å². The van der Waals surface area contributed by atoms with Crippen molar-refractivity contribution in [2.24, 2.45) is 0 Å². The average molecular weight is 334 g/mol. The third-order valence-corrected chi connectivity index (χ3v) is 3.14. The first-order valence-electron chi connectivity index (χ1n) is 5.67. The fourth-order valence-corrected chi connectivity index (χ4v) is 2.01. The van der Waals surface area contributed by atoms with Crippen molar-refractivity contribution in [1.29, 1.82) is 0 Å². The Morgan fingerprint density at radius 1 is 1.15 bits per heavy atom. The molecule has 1 N–H and O–H groups in total. The van der Waals surface area contributed by atoms with Crippen LogP contribution in [-0.2, 0) is 0 Å². The minimum absolute atomic E-state index is 0.0296. The summed E-state index contributed by atoms with van der Waals surface area (Å²) in [5.41, 5.74) is 1.13. The lowest BCUT2D eigenvalue weighted by atomic mass is 10.2. The third-order valence-electron chi connectivity index (χ3n) is 2.53. The Labute approximate surface area is 121 Å². The highest BCUT2D eigenvalue weighted by Gasteiger charge is 2.16. The Balaban J connectivity index is 1.78. The summed E-state index contributed by atoms with van der Waals surface area (Å²) in [5, 5.41) is 10.2. The Kier molecular flexibility index (Phi) is 3.34. The predicted molar refractivity (Wildman–Crippen MR) is 74.1 cm³/mol. The van der Waals surface area contributed by atoms with Crippen molar-refractivity contribution in [3.63, 3.8) is 0 Å². The Morgan fingerprint density at radius 2 is 1.95 bits per heavy atom. The van der Waals surface area contributed by atoms with E-state index in [0.717, 1.165) is 5.56 Å². The van der Waals surface area contributed by atoms with Gasteiger partial charge in [-0.2, -0.15) is 0 Å². The number of hydrogen-bond donors (Lipinski definition) is 1. The molecular formula is C13H8BrN3O3. The molecule has 2 aromatic heterocycles. The van der Waals surface area contributed by atoms with Crippen LogP contribution < -0.4 is 5.32 Å². The van der Waals surface area contributed by atoms with E-state index < -0.39 is 5.91 Å². The number of amides is 1. The molecule has 1 amide bonds. The zero-order valence-corrected chi connectivity index (χ0v) is 11.6. The summed E-state index contributed by atoms with van der Waals surface area (Å²) >= 11 is 3.13. The summed E-state index contributed by atoms with van der Waals surface area (Å²) in [6.45, 7) is 0. The minimum atomic E-state index is -0.395. The van der Waals surface area contributed by atoms with Crippen LogP contribution in [0.25, 0.3) is 11.5 Å². The van der Waals surface area contributed by atoms with Gasteiger partial charge >= 0.3 is 6.01 Å². The average Bonchev–Trinajstić information content (AvgIpc) is 3.09. The first-order chi connectivity index (χ1) is 9.74. The molecule has 0 aliphatic rings. The second-order valence-corrected chi connectivity index (χ2v) is 4.56. The highest BCUT2D eigenvalue weighted by Crippen LogP contribution is 2.21. The Hall–Kier alpha value is -2.41. The zero-order chi connectivity index (χ0) is 13.9. The molecule has 0 atom stereocenters. The van der Waals surface area contributed by atoms with E-state index in [1.165, 1.54) is 12.3 Å². The second kappa shape index (κ2) is 5.30. The maximum atomic E-state index is 11.9. The molecule has 0 saturated heterocycles. The van der Waals surface area contributed by atoms with Crippen molar-refractivity contribution in [3.05, 3.63) is 52.9 Å². The van der Waals surface area contributed by atoms with Gasteiger partial charge in [0.05, 0.1) is 11.8 Å². The number of rotatable bonds is 3. The summed E-state index contributed by atoms with van der Waals surface area (Å²) in [7, 11) is 0. The van der Waals surface area contributed by atoms with E-state index in [-0.39, 0.29) is 6.01 Å². The van der Waals surface area contributed by atoms with E-state index in [4.69, 9.17) is 8.83 Å². The van der Waals surface area contributed by atoms with Crippen molar-refractivity contribution >= 4 is 27.9 Å². The predicted octanol–water partition coefficient (Wildman–Crippen LogP) is 3.34. The summed E-state index contributed by atoms with van der Waals surface area (Å²) in [5.74, 6) is -0.0546. The smallest absolute Gasteiger partial charge is 0.322 e. The largest absolute Gasteiger partial charge is 0.457 e. The molecule has 0 fully saturated rings. The second-order valence-electron chi connectivity index (χ2n) is 3.84. The lowest BCUT2D eigenvalue weighted by Crippen LogP contribution is -2.11. The van der Waals surface area contributed by atoms with Crippen molar-refractivity contribution in [3.8, 4) is 11.5 Å². The van der Waals surface area contributed by atoms with Crippen LogP contribution in [0.15, 0.2) is 56.2 Å². The highest BCUT2D eigenvalue weighted by atomic mass is 79.9. The normalized spacial score (nSPS) is 10.4. The molecule has 0 aliphatic heterocycles. The lowest BCUT2D eigenvalue weighted by molar-refractivity contribution is 0.102. The van der Waals surface area contributed by atoms with Crippen LogP contribution in [-0.4, -0.2) is 16.1 Å². The van der Waals surface area contributed by atoms with Gasteiger partial charge in [-0.25, -0.2) is 0 Å². The molecule has 0 unspecified atom stereocenters. The molecule has 0 aliphatic carbocycles. The molecule has 0 bridgehead atoms. The number of halogens is 1. The standard InChI is InChI=1S/C13H8BrN3O3/c14-10-9(6-7-19-10)11(18)15-13-17-16-12(20-13)8-4-2-1-3-5-8/h1-7H,(H,15,17,18). The highest BCUT2D eigenvalue weighted by molar-refractivity contribution is 9.10. The van der Waals surface area contributed by atoms with Crippen LogP contribution >= 0.6 is 15.9 Å². The maximum absolute atomic E-state index is 11.9. The van der Waals surface area contributed by atoms with Crippen molar-refractivity contribution < 1.29 is 13.6 Å².